The van der Waals surface area contributed by atoms with Gasteiger partial charge < -0.3 is 9.47 Å². The molecule has 27 heavy (non-hydrogen) atoms. The first-order chi connectivity index (χ1) is 13.1. The summed E-state index contributed by atoms with van der Waals surface area (Å²) < 4.78 is 9.24. The van der Waals surface area contributed by atoms with Crippen LogP contribution >= 0.6 is 0 Å². The molecule has 4 rings (SSSR count). The molecule has 3 unspecified atom stereocenters. The lowest BCUT2D eigenvalue weighted by Gasteiger charge is -2.21. The van der Waals surface area contributed by atoms with Crippen LogP contribution in [0.5, 0.6) is 0 Å². The number of carbonyl (C=O) groups excluding carboxylic acids is 2. The van der Waals surface area contributed by atoms with Gasteiger partial charge in [0.25, 0.3) is 0 Å². The van der Waals surface area contributed by atoms with E-state index in [0.29, 0.717) is 23.5 Å². The van der Waals surface area contributed by atoms with Crippen LogP contribution in [0.2, 0.25) is 0 Å². The molecule has 2 N–H and O–H groups in total. The monoisotopic (exact) mass is 367 g/mol. The van der Waals surface area contributed by atoms with Gasteiger partial charge in [0.1, 0.15) is 0 Å². The quantitative estimate of drug-likeness (QED) is 0.793. The summed E-state index contributed by atoms with van der Waals surface area (Å²) in [5.74, 6) is 0.253. The van der Waals surface area contributed by atoms with Crippen LogP contribution in [0.1, 0.15) is 17.0 Å². The molecule has 3 atom stereocenters. The Morgan fingerprint density at radius 3 is 1.59 bits per heavy atom. The maximum atomic E-state index is 11.3. The first-order valence-electron chi connectivity index (χ1n) is 8.76. The summed E-state index contributed by atoms with van der Waals surface area (Å²) >= 11 is 0. The molecule has 2 aromatic carbocycles. The zero-order valence-corrected chi connectivity index (χ0v) is 15.1. The fourth-order valence-electron chi connectivity index (χ4n) is 3.50. The molecule has 7 nitrogen and oxygen atoms in total. The zero-order chi connectivity index (χ0) is 19.0. The van der Waals surface area contributed by atoms with Crippen molar-refractivity contribution in [2.75, 3.05) is 31.4 Å². The van der Waals surface area contributed by atoms with E-state index in [9.17, 15) is 9.59 Å². The number of fused-ring (bicyclic) bond motifs is 1. The predicted molar refractivity (Wildman–Crippen MR) is 101 cm³/mol. The highest BCUT2D eigenvalue weighted by Crippen LogP contribution is 2.53. The van der Waals surface area contributed by atoms with Gasteiger partial charge in [0, 0.05) is 35.9 Å². The summed E-state index contributed by atoms with van der Waals surface area (Å²) in [6, 6.07) is 16.9. The van der Waals surface area contributed by atoms with Gasteiger partial charge in [-0.15, -0.1) is 0 Å². The molecule has 0 bridgehead atoms. The van der Waals surface area contributed by atoms with Crippen LogP contribution in [-0.2, 0) is 9.47 Å². The fraction of sp³-hybridized carbons (Fsp3) is 0.300. The van der Waals surface area contributed by atoms with E-state index >= 15 is 0 Å². The molecule has 0 saturated carbocycles. The second-order valence-corrected chi connectivity index (χ2v) is 6.71. The van der Waals surface area contributed by atoms with E-state index < -0.39 is 12.2 Å². The molecule has 2 fully saturated rings. The van der Waals surface area contributed by atoms with Crippen molar-refractivity contribution in [3.8, 4) is 0 Å². The molecule has 2 aliphatic heterocycles. The molecule has 0 aliphatic carbocycles. The Bertz CT molecular complexity index is 781. The number of nitrogens with one attached hydrogen (secondary N) is 2. The van der Waals surface area contributed by atoms with Crippen molar-refractivity contribution in [3.63, 3.8) is 0 Å². The highest BCUT2D eigenvalue weighted by Gasteiger charge is 2.65. The highest BCUT2D eigenvalue weighted by atomic mass is 16.5. The number of benzene rings is 2. The summed E-state index contributed by atoms with van der Waals surface area (Å²) in [6.45, 7) is 1.17. The Morgan fingerprint density at radius 1 is 0.889 bits per heavy atom. The molecular weight excluding hydrogens is 346 g/mol. The van der Waals surface area contributed by atoms with Gasteiger partial charge >= 0.3 is 12.2 Å². The van der Waals surface area contributed by atoms with E-state index in [4.69, 9.17) is 0 Å². The second-order valence-electron chi connectivity index (χ2n) is 6.71. The molecule has 0 aromatic heterocycles. The van der Waals surface area contributed by atoms with Crippen LogP contribution in [0, 0.1) is 0 Å². The number of carbonyl (C=O) groups is 2. The molecule has 140 valence electrons. The number of ether oxygens (including phenoxy) is 2. The third-order valence-corrected chi connectivity index (χ3v) is 5.12. The van der Waals surface area contributed by atoms with Gasteiger partial charge in [-0.05, 0) is 35.4 Å². The Morgan fingerprint density at radius 2 is 1.30 bits per heavy atom. The van der Waals surface area contributed by atoms with Crippen molar-refractivity contribution in [1.82, 2.24) is 4.90 Å². The Labute approximate surface area is 157 Å². The summed E-state index contributed by atoms with van der Waals surface area (Å²) in [6.07, 6.45) is -0.968. The van der Waals surface area contributed by atoms with Crippen molar-refractivity contribution in [2.45, 2.75) is 18.0 Å². The standard InChI is InChI=1S/C20H21N3O4/c1-26-19(24)21-14-7-3-12(4-8-14)17(18-16-11-23(16)18)13-5-9-15(10-6-13)22-20(25)27-2/h3-10,16-18H,11H2,1-2H3,(H,21,24)(H,22,25). The van der Waals surface area contributed by atoms with E-state index in [1.54, 1.807) is 0 Å². The lowest BCUT2D eigenvalue weighted by molar-refractivity contribution is 0.186. The van der Waals surface area contributed by atoms with Gasteiger partial charge in [0.05, 0.1) is 14.2 Å². The highest BCUT2D eigenvalue weighted by molar-refractivity contribution is 5.85. The summed E-state index contributed by atoms with van der Waals surface area (Å²) in [7, 11) is 2.68. The molecule has 2 heterocycles. The second kappa shape index (κ2) is 6.92. The smallest absolute Gasteiger partial charge is 0.411 e. The summed E-state index contributed by atoms with van der Waals surface area (Å²) in [5, 5.41) is 5.33. The SMILES string of the molecule is COC(=O)Nc1ccc(C(c2ccc(NC(=O)OC)cc2)C2C3CN32)cc1. The van der Waals surface area contributed by atoms with Crippen molar-refractivity contribution in [2.24, 2.45) is 0 Å². The molecule has 2 aromatic rings. The Kier molecular flexibility index (Phi) is 4.45. The van der Waals surface area contributed by atoms with Crippen LogP contribution in [-0.4, -0.2) is 49.9 Å². The van der Waals surface area contributed by atoms with E-state index in [1.807, 2.05) is 48.5 Å². The van der Waals surface area contributed by atoms with Crippen molar-refractivity contribution in [1.29, 1.82) is 0 Å². The summed E-state index contributed by atoms with van der Waals surface area (Å²) in [5.41, 5.74) is 3.78. The van der Waals surface area contributed by atoms with Gasteiger partial charge in [-0.25, -0.2) is 9.59 Å². The first-order valence-corrected chi connectivity index (χ1v) is 8.76. The number of methoxy groups -OCH3 is 2. The number of anilines is 2. The molecule has 2 saturated heterocycles. The van der Waals surface area contributed by atoms with E-state index in [2.05, 4.69) is 25.0 Å². The summed E-state index contributed by atoms with van der Waals surface area (Å²) in [4.78, 5) is 25.1. The van der Waals surface area contributed by atoms with Crippen LogP contribution in [0.4, 0.5) is 21.0 Å². The third-order valence-electron chi connectivity index (χ3n) is 5.12. The van der Waals surface area contributed by atoms with E-state index in [1.165, 1.54) is 31.9 Å². The number of amides is 2. The van der Waals surface area contributed by atoms with Gasteiger partial charge in [-0.3, -0.25) is 15.5 Å². The molecule has 2 aliphatic rings. The minimum atomic E-state index is -0.484. The van der Waals surface area contributed by atoms with Gasteiger partial charge in [-0.2, -0.15) is 0 Å². The maximum Gasteiger partial charge on any atom is 0.411 e. The molecule has 2 amide bonds. The largest absolute Gasteiger partial charge is 0.453 e. The minimum absolute atomic E-state index is 0.253. The maximum absolute atomic E-state index is 11.3. The number of hydrogen-bond acceptors (Lipinski definition) is 5. The van der Waals surface area contributed by atoms with Crippen LogP contribution in [0.15, 0.2) is 48.5 Å². The van der Waals surface area contributed by atoms with E-state index in [-0.39, 0.29) is 5.92 Å². The predicted octanol–water partition coefficient (Wildman–Crippen LogP) is 3.24. The van der Waals surface area contributed by atoms with Gasteiger partial charge in [0.2, 0.25) is 0 Å². The first kappa shape index (κ1) is 17.4. The average molecular weight is 367 g/mol. The van der Waals surface area contributed by atoms with Crippen molar-refractivity contribution >= 4 is 23.6 Å². The number of hydrogen-bond donors (Lipinski definition) is 2. The zero-order valence-electron chi connectivity index (χ0n) is 15.1. The normalized spacial score (nSPS) is 21.8. The number of nitrogens with zero attached hydrogens (tertiary/aromatic N) is 1. The van der Waals surface area contributed by atoms with Crippen LogP contribution in [0.3, 0.4) is 0 Å². The minimum Gasteiger partial charge on any atom is -0.453 e. The Balaban J connectivity index is 1.53. The van der Waals surface area contributed by atoms with Crippen LogP contribution < -0.4 is 10.6 Å². The lowest BCUT2D eigenvalue weighted by Crippen LogP contribution is -2.19. The van der Waals surface area contributed by atoms with Crippen molar-refractivity contribution < 1.29 is 19.1 Å². The van der Waals surface area contributed by atoms with Gasteiger partial charge in [-0.1, -0.05) is 24.3 Å². The number of rotatable bonds is 5. The van der Waals surface area contributed by atoms with E-state index in [0.717, 1.165) is 0 Å². The Hall–Kier alpha value is -3.06. The molecule has 0 radical (unpaired) electrons. The molecular formula is C20H21N3O4. The van der Waals surface area contributed by atoms with Crippen molar-refractivity contribution in [3.05, 3.63) is 59.7 Å². The molecule has 7 heteroatoms. The van der Waals surface area contributed by atoms with Crippen LogP contribution in [0.25, 0.3) is 0 Å². The fourth-order valence-corrected chi connectivity index (χ4v) is 3.50. The van der Waals surface area contributed by atoms with Gasteiger partial charge in [0.15, 0.2) is 0 Å². The molecule has 0 spiro atoms. The lowest BCUT2D eigenvalue weighted by atomic mass is 9.86. The third kappa shape index (κ3) is 3.59. The average Bonchev–Trinajstić information content (AvgIpc) is 3.60. The topological polar surface area (TPSA) is 79.7 Å².